The molecule has 2 amide bonds. The van der Waals surface area contributed by atoms with E-state index in [1.54, 1.807) is 0 Å². The summed E-state index contributed by atoms with van der Waals surface area (Å²) in [6.45, 7) is -0.831. The summed E-state index contributed by atoms with van der Waals surface area (Å²) in [4.78, 5) is 26.7. The first-order valence-corrected chi connectivity index (χ1v) is 5.37. The summed E-state index contributed by atoms with van der Waals surface area (Å²) in [6.07, 6.45) is -2.97. The Hall–Kier alpha value is -1.87. The average Bonchev–Trinajstić information content (AvgIpc) is 2.45. The number of imide groups is 1. The summed E-state index contributed by atoms with van der Waals surface area (Å²) in [5, 5.41) is 38.1. The van der Waals surface area contributed by atoms with E-state index in [0.717, 1.165) is 0 Å². The van der Waals surface area contributed by atoms with Crippen molar-refractivity contribution >= 4 is 11.8 Å². The van der Waals surface area contributed by atoms with Gasteiger partial charge in [0.15, 0.2) is 6.10 Å². The van der Waals surface area contributed by atoms with Gasteiger partial charge in [0.25, 0.3) is 11.8 Å². The van der Waals surface area contributed by atoms with Crippen LogP contribution in [-0.4, -0.2) is 62.1 Å². The van der Waals surface area contributed by atoms with E-state index in [-0.39, 0.29) is 5.56 Å². The van der Waals surface area contributed by atoms with E-state index in [4.69, 9.17) is 10.2 Å². The number of aliphatic hydroxyl groups is 4. The maximum absolute atomic E-state index is 11.5. The Bertz CT molecular complexity index is 438. The minimum absolute atomic E-state index is 0.0975. The summed E-state index contributed by atoms with van der Waals surface area (Å²) in [7, 11) is 0. The topological polar surface area (TPSA) is 140 Å². The third-order valence-electron chi connectivity index (χ3n) is 2.33. The average molecular weight is 270 g/mol. The van der Waals surface area contributed by atoms with Crippen molar-refractivity contribution in [1.29, 1.82) is 0 Å². The SMILES string of the molecule is O=C(NC(=O)[C@H](O)[C@H](O)[C@H](O)CO)c1cccnc1. The van der Waals surface area contributed by atoms with E-state index in [0.29, 0.717) is 0 Å². The number of rotatable bonds is 5. The number of carbonyl (C=O) groups excluding carboxylic acids is 2. The molecular formula is C11H14N2O6. The molecule has 3 atom stereocenters. The van der Waals surface area contributed by atoms with Crippen LogP contribution in [-0.2, 0) is 4.79 Å². The van der Waals surface area contributed by atoms with E-state index < -0.39 is 36.7 Å². The van der Waals surface area contributed by atoms with E-state index in [9.17, 15) is 19.8 Å². The van der Waals surface area contributed by atoms with Crippen LogP contribution in [0.15, 0.2) is 24.5 Å². The van der Waals surface area contributed by atoms with Gasteiger partial charge in [-0.25, -0.2) is 0 Å². The van der Waals surface area contributed by atoms with Gasteiger partial charge in [-0.05, 0) is 12.1 Å². The molecule has 8 nitrogen and oxygen atoms in total. The lowest BCUT2D eigenvalue weighted by Crippen LogP contribution is -2.49. The maximum Gasteiger partial charge on any atom is 0.259 e. The van der Waals surface area contributed by atoms with Crippen LogP contribution in [0.1, 0.15) is 10.4 Å². The van der Waals surface area contributed by atoms with Gasteiger partial charge in [-0.1, -0.05) is 0 Å². The summed E-state index contributed by atoms with van der Waals surface area (Å²) >= 11 is 0. The Balaban J connectivity index is 2.62. The van der Waals surface area contributed by atoms with Gasteiger partial charge < -0.3 is 20.4 Å². The van der Waals surface area contributed by atoms with E-state index in [1.807, 2.05) is 5.32 Å². The van der Waals surface area contributed by atoms with Gasteiger partial charge in [-0.2, -0.15) is 0 Å². The number of pyridine rings is 1. The lowest BCUT2D eigenvalue weighted by molar-refractivity contribution is -0.141. The Morgan fingerprint density at radius 3 is 2.53 bits per heavy atom. The first-order valence-electron chi connectivity index (χ1n) is 5.37. The van der Waals surface area contributed by atoms with E-state index in [1.165, 1.54) is 24.5 Å². The first kappa shape index (κ1) is 15.2. The summed E-state index contributed by atoms with van der Waals surface area (Å²) in [5.74, 6) is -1.99. The van der Waals surface area contributed by atoms with Crippen LogP contribution in [0.4, 0.5) is 0 Å². The largest absolute Gasteiger partial charge is 0.394 e. The lowest BCUT2D eigenvalue weighted by Gasteiger charge is -2.20. The van der Waals surface area contributed by atoms with Crippen molar-refractivity contribution in [3.8, 4) is 0 Å². The molecule has 0 fully saturated rings. The van der Waals surface area contributed by atoms with Crippen LogP contribution in [0, 0.1) is 0 Å². The van der Waals surface area contributed by atoms with Gasteiger partial charge in [0.05, 0.1) is 12.2 Å². The van der Waals surface area contributed by atoms with Crippen LogP contribution in [0.2, 0.25) is 0 Å². The number of amides is 2. The second-order valence-electron chi connectivity index (χ2n) is 3.75. The zero-order valence-corrected chi connectivity index (χ0v) is 9.80. The number of hydrogen-bond donors (Lipinski definition) is 5. The fourth-order valence-electron chi connectivity index (χ4n) is 1.23. The zero-order valence-electron chi connectivity index (χ0n) is 9.80. The molecule has 0 aliphatic carbocycles. The van der Waals surface area contributed by atoms with Gasteiger partial charge in [0.2, 0.25) is 0 Å². The Morgan fingerprint density at radius 1 is 1.32 bits per heavy atom. The Kier molecular flexibility index (Phi) is 5.52. The molecule has 104 valence electrons. The number of aliphatic hydroxyl groups excluding tert-OH is 4. The molecule has 8 heteroatoms. The quantitative estimate of drug-likeness (QED) is 0.395. The van der Waals surface area contributed by atoms with Crippen molar-refractivity contribution in [2.45, 2.75) is 18.3 Å². The molecule has 0 aliphatic rings. The van der Waals surface area contributed by atoms with Crippen molar-refractivity contribution in [3.05, 3.63) is 30.1 Å². The van der Waals surface area contributed by atoms with Gasteiger partial charge in [-0.3, -0.25) is 19.9 Å². The standard InChI is InChI=1S/C11H14N2O6/c14-5-7(15)8(16)9(17)11(19)13-10(18)6-2-1-3-12-4-6/h1-4,7-9,14-17H,5H2,(H,13,18,19)/t7-,8-,9-/m1/s1. The summed E-state index contributed by atoms with van der Waals surface area (Å²) in [5.41, 5.74) is 0.0975. The second-order valence-corrected chi connectivity index (χ2v) is 3.75. The molecule has 0 spiro atoms. The fourth-order valence-corrected chi connectivity index (χ4v) is 1.23. The molecular weight excluding hydrogens is 256 g/mol. The van der Waals surface area contributed by atoms with Crippen LogP contribution in [0.3, 0.4) is 0 Å². The van der Waals surface area contributed by atoms with Gasteiger partial charge in [0, 0.05) is 12.4 Å². The normalized spacial score (nSPS) is 15.4. The first-order chi connectivity index (χ1) is 8.97. The van der Waals surface area contributed by atoms with Crippen LogP contribution in [0.25, 0.3) is 0 Å². The molecule has 1 rings (SSSR count). The molecule has 0 aliphatic heterocycles. The van der Waals surface area contributed by atoms with Gasteiger partial charge in [0.1, 0.15) is 12.2 Å². The molecule has 0 aromatic carbocycles. The van der Waals surface area contributed by atoms with Gasteiger partial charge >= 0.3 is 0 Å². The molecule has 19 heavy (non-hydrogen) atoms. The van der Waals surface area contributed by atoms with Gasteiger partial charge in [-0.15, -0.1) is 0 Å². The molecule has 1 heterocycles. The predicted molar refractivity (Wildman–Crippen MR) is 61.8 cm³/mol. The monoisotopic (exact) mass is 270 g/mol. The van der Waals surface area contributed by atoms with Crippen LogP contribution in [0.5, 0.6) is 0 Å². The number of aromatic nitrogens is 1. The third kappa shape index (κ3) is 4.07. The highest BCUT2D eigenvalue weighted by atomic mass is 16.4. The molecule has 0 bridgehead atoms. The molecule has 1 aromatic heterocycles. The lowest BCUT2D eigenvalue weighted by atomic mass is 10.1. The van der Waals surface area contributed by atoms with Crippen molar-refractivity contribution in [1.82, 2.24) is 10.3 Å². The van der Waals surface area contributed by atoms with Crippen LogP contribution < -0.4 is 5.32 Å². The molecule has 0 saturated heterocycles. The number of nitrogens with one attached hydrogen (secondary N) is 1. The molecule has 1 aromatic rings. The number of nitrogens with zero attached hydrogens (tertiary/aromatic N) is 1. The van der Waals surface area contributed by atoms with E-state index >= 15 is 0 Å². The van der Waals surface area contributed by atoms with E-state index in [2.05, 4.69) is 4.98 Å². The Morgan fingerprint density at radius 2 is 2.00 bits per heavy atom. The summed E-state index contributed by atoms with van der Waals surface area (Å²) in [6, 6.07) is 2.89. The Labute approximate surface area is 108 Å². The molecule has 0 radical (unpaired) electrons. The van der Waals surface area contributed by atoms with Crippen molar-refractivity contribution in [2.75, 3.05) is 6.61 Å². The smallest absolute Gasteiger partial charge is 0.259 e. The number of hydrogen-bond acceptors (Lipinski definition) is 7. The minimum atomic E-state index is -2.04. The minimum Gasteiger partial charge on any atom is -0.394 e. The summed E-state index contributed by atoms with van der Waals surface area (Å²) < 4.78 is 0. The second kappa shape index (κ2) is 6.90. The van der Waals surface area contributed by atoms with Crippen molar-refractivity contribution < 1.29 is 30.0 Å². The van der Waals surface area contributed by atoms with Crippen LogP contribution >= 0.6 is 0 Å². The molecule has 0 unspecified atom stereocenters. The third-order valence-corrected chi connectivity index (χ3v) is 2.33. The maximum atomic E-state index is 11.5. The predicted octanol–water partition coefficient (Wildman–Crippen LogP) is -2.59. The zero-order chi connectivity index (χ0) is 14.4. The van der Waals surface area contributed by atoms with Crippen molar-refractivity contribution in [3.63, 3.8) is 0 Å². The molecule has 0 saturated carbocycles. The highest BCUT2D eigenvalue weighted by molar-refractivity contribution is 6.05. The number of carbonyl (C=O) groups is 2. The van der Waals surface area contributed by atoms with Crippen molar-refractivity contribution in [2.24, 2.45) is 0 Å². The highest BCUT2D eigenvalue weighted by Crippen LogP contribution is 2.01. The fraction of sp³-hybridized carbons (Fsp3) is 0.364. The molecule has 5 N–H and O–H groups in total. The highest BCUT2D eigenvalue weighted by Gasteiger charge is 2.30.